The molecule has 6 nitrogen and oxygen atoms in total. The first-order valence-corrected chi connectivity index (χ1v) is 8.78. The number of nitrogens with one attached hydrogen (secondary N) is 2. The minimum Gasteiger partial charge on any atom is -0.488 e. The lowest BCUT2D eigenvalue weighted by Gasteiger charge is -2.13. The molecule has 7 heteroatoms. The van der Waals surface area contributed by atoms with Gasteiger partial charge in [0.1, 0.15) is 23.7 Å². The first-order valence-electron chi connectivity index (χ1n) is 8.78. The topological polar surface area (TPSA) is 76.7 Å². The molecule has 0 saturated carbocycles. The van der Waals surface area contributed by atoms with E-state index in [9.17, 15) is 14.0 Å². The van der Waals surface area contributed by atoms with Gasteiger partial charge in [0.25, 0.3) is 0 Å². The quantitative estimate of drug-likeness (QED) is 0.587. The van der Waals surface area contributed by atoms with Gasteiger partial charge < -0.3 is 20.1 Å². The summed E-state index contributed by atoms with van der Waals surface area (Å²) in [6, 6.07) is 19.0. The Hall–Kier alpha value is -3.87. The number of urea groups is 1. The van der Waals surface area contributed by atoms with Crippen LogP contribution in [0.15, 0.2) is 72.8 Å². The molecular weight excluding hydrogens is 375 g/mol. The molecule has 0 radical (unpaired) electrons. The maximum atomic E-state index is 13.0. The van der Waals surface area contributed by atoms with E-state index in [1.807, 2.05) is 6.07 Å². The van der Waals surface area contributed by atoms with Gasteiger partial charge in [0, 0.05) is 11.4 Å². The van der Waals surface area contributed by atoms with Crippen LogP contribution in [0, 0.1) is 5.82 Å². The molecule has 3 rings (SSSR count). The Morgan fingerprint density at radius 3 is 2.28 bits per heavy atom. The molecule has 0 bridgehead atoms. The third kappa shape index (κ3) is 5.55. The molecule has 2 amide bonds. The van der Waals surface area contributed by atoms with E-state index in [1.54, 1.807) is 48.5 Å². The van der Waals surface area contributed by atoms with Gasteiger partial charge in [-0.2, -0.15) is 0 Å². The second-order valence-electron chi connectivity index (χ2n) is 6.06. The molecular formula is C22H19FN2O4. The Balaban J connectivity index is 1.72. The summed E-state index contributed by atoms with van der Waals surface area (Å²) in [5.41, 5.74) is 1.93. The third-order valence-electron chi connectivity index (χ3n) is 3.98. The van der Waals surface area contributed by atoms with Gasteiger partial charge >= 0.3 is 12.0 Å². The molecule has 0 saturated heterocycles. The van der Waals surface area contributed by atoms with E-state index >= 15 is 0 Å². The number of methoxy groups -OCH3 is 1. The number of para-hydroxylation sites is 1. The molecule has 148 valence electrons. The summed E-state index contributed by atoms with van der Waals surface area (Å²) < 4.78 is 23.5. The fraction of sp³-hybridized carbons (Fsp3) is 0.0909. The van der Waals surface area contributed by atoms with Crippen molar-refractivity contribution in [2.45, 2.75) is 6.61 Å². The van der Waals surface area contributed by atoms with Crippen LogP contribution in [0.4, 0.5) is 20.6 Å². The zero-order valence-corrected chi connectivity index (χ0v) is 15.6. The van der Waals surface area contributed by atoms with Crippen LogP contribution in [0.2, 0.25) is 0 Å². The fourth-order valence-corrected chi connectivity index (χ4v) is 2.56. The van der Waals surface area contributed by atoms with Gasteiger partial charge in [-0.25, -0.2) is 14.0 Å². The lowest BCUT2D eigenvalue weighted by Crippen LogP contribution is -2.19. The van der Waals surface area contributed by atoms with E-state index in [0.29, 0.717) is 11.4 Å². The minimum atomic E-state index is -0.605. The molecule has 0 aromatic heterocycles. The highest BCUT2D eigenvalue weighted by atomic mass is 19.1. The van der Waals surface area contributed by atoms with E-state index in [1.165, 1.54) is 25.3 Å². The number of carbonyl (C=O) groups excluding carboxylic acids is 2. The minimum absolute atomic E-state index is 0.144. The summed E-state index contributed by atoms with van der Waals surface area (Å²) in [5, 5.41) is 5.35. The largest absolute Gasteiger partial charge is 0.488 e. The molecule has 0 heterocycles. The number of benzene rings is 3. The molecule has 0 aliphatic rings. The maximum Gasteiger partial charge on any atom is 0.341 e. The number of hydrogen-bond acceptors (Lipinski definition) is 4. The van der Waals surface area contributed by atoms with Crippen LogP contribution < -0.4 is 15.4 Å². The van der Waals surface area contributed by atoms with Gasteiger partial charge in [-0.15, -0.1) is 0 Å². The molecule has 3 aromatic rings. The molecule has 3 aromatic carbocycles. The Kier molecular flexibility index (Phi) is 6.42. The predicted octanol–water partition coefficient (Wildman–Crippen LogP) is 4.84. The van der Waals surface area contributed by atoms with Crippen LogP contribution in [-0.4, -0.2) is 19.1 Å². The zero-order valence-electron chi connectivity index (χ0n) is 15.6. The molecule has 29 heavy (non-hydrogen) atoms. The second kappa shape index (κ2) is 9.36. The highest BCUT2D eigenvalue weighted by Crippen LogP contribution is 2.25. The maximum absolute atomic E-state index is 13.0. The lowest BCUT2D eigenvalue weighted by atomic mass is 10.1. The summed E-state index contributed by atoms with van der Waals surface area (Å²) in [7, 11) is 1.26. The summed E-state index contributed by atoms with van der Waals surface area (Å²) in [6.07, 6.45) is 0. The monoisotopic (exact) mass is 394 g/mol. The Bertz CT molecular complexity index is 991. The van der Waals surface area contributed by atoms with Crippen molar-refractivity contribution in [3.8, 4) is 5.75 Å². The van der Waals surface area contributed by atoms with Crippen molar-refractivity contribution in [3.63, 3.8) is 0 Å². The third-order valence-corrected chi connectivity index (χ3v) is 3.98. The number of ether oxygens (including phenoxy) is 2. The highest BCUT2D eigenvalue weighted by Gasteiger charge is 2.15. The summed E-state index contributed by atoms with van der Waals surface area (Å²) in [5.74, 6) is -0.658. The van der Waals surface area contributed by atoms with E-state index in [-0.39, 0.29) is 23.7 Å². The van der Waals surface area contributed by atoms with Gasteiger partial charge in [0.2, 0.25) is 0 Å². The molecule has 0 spiro atoms. The number of halogens is 1. The van der Waals surface area contributed by atoms with Crippen molar-refractivity contribution in [2.75, 3.05) is 17.7 Å². The second-order valence-corrected chi connectivity index (χ2v) is 6.06. The van der Waals surface area contributed by atoms with Crippen LogP contribution in [0.1, 0.15) is 15.9 Å². The van der Waals surface area contributed by atoms with Crippen LogP contribution >= 0.6 is 0 Å². The smallest absolute Gasteiger partial charge is 0.341 e. The Morgan fingerprint density at radius 1 is 0.897 bits per heavy atom. The van der Waals surface area contributed by atoms with Crippen molar-refractivity contribution in [2.24, 2.45) is 0 Å². The van der Waals surface area contributed by atoms with Gasteiger partial charge in [-0.1, -0.05) is 30.3 Å². The molecule has 2 N–H and O–H groups in total. The Morgan fingerprint density at radius 2 is 1.59 bits per heavy atom. The average Bonchev–Trinajstić information content (AvgIpc) is 2.74. The van der Waals surface area contributed by atoms with Crippen molar-refractivity contribution < 1.29 is 23.5 Å². The first-order chi connectivity index (χ1) is 14.0. The van der Waals surface area contributed by atoms with Crippen LogP contribution in [0.3, 0.4) is 0 Å². The highest BCUT2D eigenvalue weighted by molar-refractivity contribution is 6.01. The number of rotatable bonds is 6. The van der Waals surface area contributed by atoms with E-state index < -0.39 is 12.0 Å². The van der Waals surface area contributed by atoms with Gasteiger partial charge in [0.15, 0.2) is 0 Å². The molecule has 0 fully saturated rings. The average molecular weight is 394 g/mol. The zero-order chi connectivity index (χ0) is 20.6. The molecule has 0 aliphatic heterocycles. The van der Waals surface area contributed by atoms with E-state index in [0.717, 1.165) is 5.56 Å². The van der Waals surface area contributed by atoms with Crippen molar-refractivity contribution in [3.05, 3.63) is 89.7 Å². The molecule has 0 atom stereocenters. The van der Waals surface area contributed by atoms with Crippen LogP contribution in [-0.2, 0) is 11.3 Å². The summed E-state index contributed by atoms with van der Waals surface area (Å²) in [6.45, 7) is 0.144. The predicted molar refractivity (Wildman–Crippen MR) is 108 cm³/mol. The lowest BCUT2D eigenvalue weighted by molar-refractivity contribution is 0.0595. The normalized spacial score (nSPS) is 10.1. The van der Waals surface area contributed by atoms with Gasteiger partial charge in [0.05, 0.1) is 7.11 Å². The van der Waals surface area contributed by atoms with Crippen LogP contribution in [0.25, 0.3) is 0 Å². The fourth-order valence-electron chi connectivity index (χ4n) is 2.56. The molecule has 0 aliphatic carbocycles. The van der Waals surface area contributed by atoms with Crippen molar-refractivity contribution >= 4 is 23.4 Å². The first kappa shape index (κ1) is 19.9. The number of anilines is 2. The van der Waals surface area contributed by atoms with E-state index in [4.69, 9.17) is 9.47 Å². The number of amides is 2. The number of hydrogen-bond donors (Lipinski definition) is 2. The van der Waals surface area contributed by atoms with Crippen molar-refractivity contribution in [1.82, 2.24) is 0 Å². The van der Waals surface area contributed by atoms with Crippen molar-refractivity contribution in [1.29, 1.82) is 0 Å². The van der Waals surface area contributed by atoms with Crippen LogP contribution in [0.5, 0.6) is 5.75 Å². The standard InChI is InChI=1S/C22H19FN2O4/c1-28-21(26)19-13-18(25-22(27)24-17-5-3-2-4-6-17)11-12-20(19)29-14-15-7-9-16(23)10-8-15/h2-13H,14H2,1H3,(H2,24,25,27). The summed E-state index contributed by atoms with van der Waals surface area (Å²) >= 11 is 0. The molecule has 0 unspecified atom stereocenters. The number of carbonyl (C=O) groups is 2. The summed E-state index contributed by atoms with van der Waals surface area (Å²) in [4.78, 5) is 24.3. The number of esters is 1. The Labute approximate surface area is 167 Å². The van der Waals surface area contributed by atoms with Gasteiger partial charge in [-0.3, -0.25) is 0 Å². The SMILES string of the molecule is COC(=O)c1cc(NC(=O)Nc2ccccc2)ccc1OCc1ccc(F)cc1. The van der Waals surface area contributed by atoms with E-state index in [2.05, 4.69) is 10.6 Å². The van der Waals surface area contributed by atoms with Gasteiger partial charge in [-0.05, 0) is 48.0 Å².